The van der Waals surface area contributed by atoms with E-state index in [1.807, 2.05) is 6.07 Å². The van der Waals surface area contributed by atoms with Crippen LogP contribution >= 0.6 is 27.3 Å². The van der Waals surface area contributed by atoms with E-state index < -0.39 is 22.0 Å². The number of piperidine rings is 1. The molecule has 1 N–H and O–H groups in total. The molecule has 0 aromatic carbocycles. The van der Waals surface area contributed by atoms with Crippen LogP contribution < -0.4 is 4.72 Å². The van der Waals surface area contributed by atoms with Gasteiger partial charge in [0.15, 0.2) is 0 Å². The Morgan fingerprint density at radius 3 is 2.60 bits per heavy atom. The van der Waals surface area contributed by atoms with Gasteiger partial charge in [-0.15, -0.1) is 11.3 Å². The van der Waals surface area contributed by atoms with Crippen LogP contribution in [-0.2, 0) is 24.4 Å². The Hall–Kier alpha value is -1.76. The van der Waals surface area contributed by atoms with Gasteiger partial charge in [-0.1, -0.05) is 0 Å². The van der Waals surface area contributed by atoms with E-state index in [1.165, 1.54) is 39.2 Å². The van der Waals surface area contributed by atoms with E-state index in [1.54, 1.807) is 20.2 Å². The molecule has 166 valence electrons. The minimum Gasteiger partial charge on any atom is -0.347 e. The lowest BCUT2D eigenvalue weighted by atomic mass is 10.1. The molecular weight excluding hydrogens is 496 g/mol. The molecule has 1 aromatic rings. The molecule has 0 aliphatic carbocycles. The highest BCUT2D eigenvalue weighted by Gasteiger charge is 2.32. The van der Waals surface area contributed by atoms with Gasteiger partial charge in [0.05, 0.1) is 16.9 Å². The second kappa shape index (κ2) is 10.5. The van der Waals surface area contributed by atoms with Crippen LogP contribution in [-0.4, -0.2) is 87.7 Å². The predicted molar refractivity (Wildman–Crippen MR) is 119 cm³/mol. The van der Waals surface area contributed by atoms with Crippen molar-refractivity contribution in [3.05, 3.63) is 26.2 Å². The molecule has 3 amide bonds. The van der Waals surface area contributed by atoms with Crippen molar-refractivity contribution < 1.29 is 22.8 Å². The van der Waals surface area contributed by atoms with Gasteiger partial charge in [-0.05, 0) is 47.0 Å². The largest absolute Gasteiger partial charge is 0.347 e. The first-order valence-electron chi connectivity index (χ1n) is 9.17. The minimum absolute atomic E-state index is 0.0897. The maximum atomic E-state index is 12.7. The van der Waals surface area contributed by atoms with Gasteiger partial charge in [-0.3, -0.25) is 14.4 Å². The third-order valence-electron chi connectivity index (χ3n) is 4.47. The fourth-order valence-electron chi connectivity index (χ4n) is 2.74. The Balaban J connectivity index is 1.96. The number of nitrogens with zero attached hydrogens (tertiary/aromatic N) is 3. The summed E-state index contributed by atoms with van der Waals surface area (Å²) in [6.07, 6.45) is 2.38. The van der Waals surface area contributed by atoms with E-state index in [0.717, 1.165) is 14.1 Å². The Bertz CT molecular complexity index is 929. The Morgan fingerprint density at radius 1 is 1.30 bits per heavy atom. The van der Waals surface area contributed by atoms with Gasteiger partial charge in [-0.25, -0.2) is 8.42 Å². The molecule has 0 bridgehead atoms. The van der Waals surface area contributed by atoms with Crippen LogP contribution in [0.3, 0.4) is 0 Å². The highest BCUT2D eigenvalue weighted by atomic mass is 79.9. The molecule has 1 aliphatic rings. The topological polar surface area (TPSA) is 107 Å². The van der Waals surface area contributed by atoms with Gasteiger partial charge in [0.2, 0.25) is 27.7 Å². The first-order chi connectivity index (χ1) is 14.0. The van der Waals surface area contributed by atoms with E-state index in [0.29, 0.717) is 19.4 Å². The highest BCUT2D eigenvalue weighted by molar-refractivity contribution is 9.11. The summed E-state index contributed by atoms with van der Waals surface area (Å²) in [5.74, 6) is -1.06. The monoisotopic (exact) mass is 520 g/mol. The average Bonchev–Trinajstić information content (AvgIpc) is 3.08. The third-order valence-corrected chi connectivity index (χ3v) is 7.16. The predicted octanol–water partition coefficient (Wildman–Crippen LogP) is 0.938. The van der Waals surface area contributed by atoms with E-state index in [-0.39, 0.29) is 24.9 Å². The smallest absolute Gasteiger partial charge is 0.242 e. The molecule has 1 atom stereocenters. The number of rotatable bonds is 8. The van der Waals surface area contributed by atoms with E-state index >= 15 is 0 Å². The maximum Gasteiger partial charge on any atom is 0.242 e. The number of carbonyl (C=O) groups excluding carboxylic acids is 3. The fraction of sp³-hybridized carbons (Fsp3) is 0.500. The van der Waals surface area contributed by atoms with E-state index in [2.05, 4.69) is 20.7 Å². The fourth-order valence-corrected chi connectivity index (χ4v) is 5.17. The molecule has 0 spiro atoms. The second-order valence-corrected chi connectivity index (χ2v) is 11.2. The van der Waals surface area contributed by atoms with Crippen LogP contribution in [0.5, 0.6) is 0 Å². The van der Waals surface area contributed by atoms with Crippen LogP contribution in [0.1, 0.15) is 17.7 Å². The molecular formula is C18H25BrN4O5S2. The number of likely N-dealkylation sites (tertiary alicyclic amines) is 1. The summed E-state index contributed by atoms with van der Waals surface area (Å²) in [6, 6.07) is 2.66. The lowest BCUT2D eigenvalue weighted by molar-refractivity contribution is -0.144. The summed E-state index contributed by atoms with van der Waals surface area (Å²) < 4.78 is 28.0. The van der Waals surface area contributed by atoms with Crippen molar-refractivity contribution in [1.29, 1.82) is 0 Å². The normalized spacial score (nSPS) is 17.4. The van der Waals surface area contributed by atoms with Crippen LogP contribution in [0.15, 0.2) is 21.3 Å². The summed E-state index contributed by atoms with van der Waals surface area (Å²) in [4.78, 5) is 41.5. The van der Waals surface area contributed by atoms with E-state index in [4.69, 9.17) is 0 Å². The Kier molecular flexibility index (Phi) is 8.59. The Labute approximate surface area is 188 Å². The van der Waals surface area contributed by atoms with Crippen molar-refractivity contribution in [2.45, 2.75) is 18.9 Å². The van der Waals surface area contributed by atoms with Crippen molar-refractivity contribution in [1.82, 2.24) is 19.4 Å². The van der Waals surface area contributed by atoms with Gasteiger partial charge in [-0.2, -0.15) is 4.72 Å². The first-order valence-corrected chi connectivity index (χ1v) is 12.3. The highest BCUT2D eigenvalue weighted by Crippen LogP contribution is 2.23. The van der Waals surface area contributed by atoms with Gasteiger partial charge in [0.1, 0.15) is 6.04 Å². The summed E-state index contributed by atoms with van der Waals surface area (Å²) in [6.45, 7) is 0.0677. The first kappa shape index (κ1) is 24.5. The number of nitrogens with one attached hydrogen (secondary N) is 1. The molecule has 1 aromatic heterocycles. The summed E-state index contributed by atoms with van der Waals surface area (Å²) in [5.41, 5.74) is 0. The molecule has 2 heterocycles. The number of halogens is 1. The molecule has 1 fully saturated rings. The van der Waals surface area contributed by atoms with Crippen LogP contribution in [0.2, 0.25) is 0 Å². The van der Waals surface area contributed by atoms with Crippen LogP contribution in [0.25, 0.3) is 6.08 Å². The SMILES string of the molecule is CN(C)C(=O)CN(C)C(=O)CN1CCC[C@H](NS(=O)(=O)/C=C/c2ccc(Br)s2)C1=O. The summed E-state index contributed by atoms with van der Waals surface area (Å²) in [5, 5.41) is 1.03. The zero-order valence-electron chi connectivity index (χ0n) is 17.0. The number of thiophene rings is 1. The van der Waals surface area contributed by atoms with Gasteiger partial charge in [0, 0.05) is 38.0 Å². The lowest BCUT2D eigenvalue weighted by Gasteiger charge is -2.32. The average molecular weight is 521 g/mol. The molecule has 1 aliphatic heterocycles. The standard InChI is InChI=1S/C18H25BrN4O5S2/c1-21(2)16(24)11-22(3)17(25)12-23-9-4-5-14(18(23)26)20-30(27,28)10-8-13-6-7-15(19)29-13/h6-8,10,14,20H,4-5,9,11-12H2,1-3H3/b10-8+/t14-/m0/s1. The lowest BCUT2D eigenvalue weighted by Crippen LogP contribution is -2.54. The maximum absolute atomic E-state index is 12.7. The van der Waals surface area contributed by atoms with Crippen molar-refractivity contribution >= 4 is 61.1 Å². The third kappa shape index (κ3) is 7.18. The van der Waals surface area contributed by atoms with Crippen molar-refractivity contribution in [2.75, 3.05) is 40.8 Å². The molecule has 1 saturated heterocycles. The number of hydrogen-bond acceptors (Lipinski definition) is 6. The number of hydrogen-bond donors (Lipinski definition) is 1. The zero-order chi connectivity index (χ0) is 22.5. The van der Waals surface area contributed by atoms with Crippen LogP contribution in [0, 0.1) is 0 Å². The van der Waals surface area contributed by atoms with Crippen LogP contribution in [0.4, 0.5) is 0 Å². The van der Waals surface area contributed by atoms with Crippen molar-refractivity contribution in [3.63, 3.8) is 0 Å². The van der Waals surface area contributed by atoms with E-state index in [9.17, 15) is 22.8 Å². The zero-order valence-corrected chi connectivity index (χ0v) is 20.2. The van der Waals surface area contributed by atoms with Gasteiger partial charge in [0.25, 0.3) is 0 Å². The molecule has 12 heteroatoms. The van der Waals surface area contributed by atoms with Crippen molar-refractivity contribution in [2.24, 2.45) is 0 Å². The minimum atomic E-state index is -3.83. The molecule has 0 saturated carbocycles. The van der Waals surface area contributed by atoms with Gasteiger partial charge < -0.3 is 14.7 Å². The molecule has 0 unspecified atom stereocenters. The molecule has 2 rings (SSSR count). The summed E-state index contributed by atoms with van der Waals surface area (Å²) in [7, 11) is 0.852. The van der Waals surface area contributed by atoms with Crippen molar-refractivity contribution in [3.8, 4) is 0 Å². The quantitative estimate of drug-likeness (QED) is 0.548. The molecule has 0 radical (unpaired) electrons. The van der Waals surface area contributed by atoms with Gasteiger partial charge >= 0.3 is 0 Å². The second-order valence-electron chi connectivity index (χ2n) is 7.10. The molecule has 9 nitrogen and oxygen atoms in total. The Morgan fingerprint density at radius 2 is 2.00 bits per heavy atom. The summed E-state index contributed by atoms with van der Waals surface area (Å²) >= 11 is 4.70. The molecule has 30 heavy (non-hydrogen) atoms. The number of carbonyl (C=O) groups is 3. The number of amides is 3. The number of sulfonamides is 1. The number of likely N-dealkylation sites (N-methyl/N-ethyl adjacent to an activating group) is 2.